The first-order valence-corrected chi connectivity index (χ1v) is 15.9. The van der Waals surface area contributed by atoms with Crippen LogP contribution in [0, 0.1) is 17.5 Å². The summed E-state index contributed by atoms with van der Waals surface area (Å²) >= 11 is 0. The number of hydrogen-bond acceptors (Lipinski definition) is 7. The lowest BCUT2D eigenvalue weighted by Crippen LogP contribution is -2.53. The van der Waals surface area contributed by atoms with Gasteiger partial charge in [0.1, 0.15) is 11.7 Å². The molecule has 0 bridgehead atoms. The molecule has 6 rings (SSSR count). The van der Waals surface area contributed by atoms with Crippen molar-refractivity contribution in [1.82, 2.24) is 20.0 Å². The van der Waals surface area contributed by atoms with Gasteiger partial charge in [-0.2, -0.15) is 0 Å². The Balaban J connectivity index is 1.35. The van der Waals surface area contributed by atoms with E-state index in [9.17, 15) is 42.4 Å². The minimum atomic E-state index is -2.91. The largest absolute Gasteiger partial charge is 0.395 e. The molecule has 14 heteroatoms. The van der Waals surface area contributed by atoms with Crippen molar-refractivity contribution in [2.45, 2.75) is 84.7 Å². The minimum Gasteiger partial charge on any atom is -0.395 e. The summed E-state index contributed by atoms with van der Waals surface area (Å²) in [6.07, 6.45) is 0.561. The van der Waals surface area contributed by atoms with E-state index in [4.69, 9.17) is 0 Å². The lowest BCUT2D eigenvalue weighted by Gasteiger charge is -2.53. The summed E-state index contributed by atoms with van der Waals surface area (Å²) in [5.74, 6) is -7.16. The molecule has 4 N–H and O–H groups in total. The third kappa shape index (κ3) is 5.68. The maximum Gasteiger partial charge on any atom is 0.248 e. The number of aliphatic hydroxyl groups excluding tert-OH is 3. The average molecular weight is 629 g/mol. The second kappa shape index (κ2) is 11.4. The summed E-state index contributed by atoms with van der Waals surface area (Å²) < 4.78 is 70.8. The van der Waals surface area contributed by atoms with Crippen LogP contribution < -0.4 is 0 Å². The highest BCUT2D eigenvalue weighted by atomic mass is 32.2. The van der Waals surface area contributed by atoms with Gasteiger partial charge in [0.25, 0.3) is 0 Å². The maximum atomic E-state index is 14.3. The zero-order valence-electron chi connectivity index (χ0n) is 23.0. The molecule has 2 aromatic heterocycles. The Bertz CT molecular complexity index is 1460. The number of rotatable bonds is 7. The van der Waals surface area contributed by atoms with Crippen LogP contribution in [-0.4, -0.2) is 81.7 Å². The van der Waals surface area contributed by atoms with E-state index >= 15 is 0 Å². The standard InChI is InChI=1S/C29H33F5N4O4S/c30-18-10-16(11-19(31)23(18)32)20-12-38(37-36-20)25-21(40)14-43(22(13-39)26(25)41)27(28(42)5-7-29(33,34)8-6-28)24-17(15-3-4-15)2-1-9-35-24/h1-2,9-12,15,21-22,25-27,39-43H,3-8,13-14H2/t21-,22+,25-,26-,27?/m0/s1. The van der Waals surface area contributed by atoms with Gasteiger partial charge in [0, 0.05) is 35.6 Å². The summed E-state index contributed by atoms with van der Waals surface area (Å²) in [7, 11) is -1.65. The van der Waals surface area contributed by atoms with E-state index in [0.29, 0.717) is 5.69 Å². The number of halogens is 5. The monoisotopic (exact) mass is 628 g/mol. The molecule has 234 valence electrons. The fourth-order valence-corrected chi connectivity index (χ4v) is 10.3. The second-order valence-electron chi connectivity index (χ2n) is 11.9. The van der Waals surface area contributed by atoms with Crippen molar-refractivity contribution in [3.63, 3.8) is 0 Å². The van der Waals surface area contributed by atoms with Gasteiger partial charge in [-0.1, -0.05) is 11.3 Å². The molecule has 2 unspecified atom stereocenters. The number of hydrogen-bond donors (Lipinski definition) is 5. The van der Waals surface area contributed by atoms with Gasteiger partial charge in [0.15, 0.2) is 17.5 Å². The zero-order valence-corrected chi connectivity index (χ0v) is 23.9. The third-order valence-corrected chi connectivity index (χ3v) is 12.6. The van der Waals surface area contributed by atoms with E-state index in [-0.39, 0.29) is 35.8 Å². The number of alkyl halides is 2. The van der Waals surface area contributed by atoms with E-state index in [1.54, 1.807) is 12.3 Å². The topological polar surface area (TPSA) is 125 Å². The van der Waals surface area contributed by atoms with Gasteiger partial charge in [-0.05, 0) is 55.4 Å². The fourth-order valence-electron chi connectivity index (χ4n) is 6.65. The van der Waals surface area contributed by atoms with Gasteiger partial charge >= 0.3 is 0 Å². The highest BCUT2D eigenvalue weighted by molar-refractivity contribution is 8.18. The molecule has 3 fully saturated rings. The minimum absolute atomic E-state index is 0.0152. The van der Waals surface area contributed by atoms with Crippen LogP contribution in [0.15, 0.2) is 36.7 Å². The number of aliphatic hydroxyl groups is 4. The van der Waals surface area contributed by atoms with Crippen LogP contribution in [-0.2, 0) is 0 Å². The van der Waals surface area contributed by atoms with Crippen molar-refractivity contribution in [3.05, 3.63) is 65.4 Å². The van der Waals surface area contributed by atoms with E-state index < -0.39 is 88.1 Å². The third-order valence-electron chi connectivity index (χ3n) is 9.08. The van der Waals surface area contributed by atoms with Gasteiger partial charge in [-0.25, -0.2) is 37.5 Å². The van der Waals surface area contributed by atoms with Gasteiger partial charge in [0.05, 0.1) is 41.6 Å². The summed E-state index contributed by atoms with van der Waals surface area (Å²) in [5.41, 5.74) is -0.278. The summed E-state index contributed by atoms with van der Waals surface area (Å²) in [5, 5.41) is 51.8. The number of aromatic nitrogens is 4. The molecule has 2 saturated carbocycles. The van der Waals surface area contributed by atoms with Crippen molar-refractivity contribution in [2.75, 3.05) is 12.4 Å². The molecular formula is C29H33F5N4O4S. The normalized spacial score (nSPS) is 30.2. The SMILES string of the molecule is OC[C@@H]1[C@H](O)[C@@H](n2cc(-c3cc(F)c(F)c(F)c3)nn2)[C@@H](O)C[SH]1C(c1ncccc1C1CC1)C1(O)CCC(F)(F)CC1. The first-order chi connectivity index (χ1) is 20.4. The molecular weight excluding hydrogens is 595 g/mol. The number of thiol groups is 1. The Morgan fingerprint density at radius 1 is 1.05 bits per heavy atom. The molecule has 0 radical (unpaired) electrons. The van der Waals surface area contributed by atoms with E-state index in [1.807, 2.05) is 6.07 Å². The van der Waals surface area contributed by atoms with Crippen LogP contribution in [0.2, 0.25) is 0 Å². The summed E-state index contributed by atoms with van der Waals surface area (Å²) in [4.78, 5) is 4.63. The van der Waals surface area contributed by atoms with Crippen LogP contribution >= 0.6 is 10.9 Å². The quantitative estimate of drug-likeness (QED) is 0.153. The average Bonchev–Trinajstić information content (AvgIpc) is 3.70. The predicted octanol–water partition coefficient (Wildman–Crippen LogP) is 3.96. The molecule has 1 aliphatic heterocycles. The van der Waals surface area contributed by atoms with Gasteiger partial charge in [-0.15, -0.1) is 5.10 Å². The molecule has 0 spiro atoms. The maximum absolute atomic E-state index is 14.3. The fraction of sp³-hybridized carbons (Fsp3) is 0.552. The Labute approximate surface area is 246 Å². The lowest BCUT2D eigenvalue weighted by atomic mass is 9.78. The van der Waals surface area contributed by atoms with Crippen LogP contribution in [0.1, 0.15) is 67.0 Å². The molecule has 2 aliphatic carbocycles. The first-order valence-electron chi connectivity index (χ1n) is 14.3. The Kier molecular flexibility index (Phi) is 8.03. The molecule has 0 amide bonds. The van der Waals surface area contributed by atoms with Crippen LogP contribution in [0.4, 0.5) is 22.0 Å². The Hall–Kier alpha value is -2.65. The van der Waals surface area contributed by atoms with Crippen LogP contribution in [0.3, 0.4) is 0 Å². The van der Waals surface area contributed by atoms with Gasteiger partial charge in [-0.3, -0.25) is 4.98 Å². The van der Waals surface area contributed by atoms with Crippen LogP contribution in [0.5, 0.6) is 0 Å². The highest BCUT2D eigenvalue weighted by Crippen LogP contribution is 2.62. The molecule has 8 nitrogen and oxygen atoms in total. The van der Waals surface area contributed by atoms with E-state index in [0.717, 1.165) is 35.2 Å². The lowest BCUT2D eigenvalue weighted by molar-refractivity contribution is -0.105. The second-order valence-corrected chi connectivity index (χ2v) is 14.5. The predicted molar refractivity (Wildman–Crippen MR) is 148 cm³/mol. The molecule has 3 heterocycles. The first kappa shape index (κ1) is 30.4. The number of benzene rings is 1. The highest BCUT2D eigenvalue weighted by Gasteiger charge is 2.55. The van der Waals surface area contributed by atoms with Crippen molar-refractivity contribution < 1.29 is 42.4 Å². The molecule has 3 aliphatic rings. The zero-order chi connectivity index (χ0) is 30.7. The molecule has 3 aromatic rings. The molecule has 6 atom stereocenters. The van der Waals surface area contributed by atoms with Crippen molar-refractivity contribution in [3.8, 4) is 11.3 Å². The van der Waals surface area contributed by atoms with Crippen molar-refractivity contribution in [2.24, 2.45) is 0 Å². The van der Waals surface area contributed by atoms with Gasteiger partial charge < -0.3 is 20.4 Å². The van der Waals surface area contributed by atoms with Gasteiger partial charge in [0.2, 0.25) is 5.92 Å². The van der Waals surface area contributed by atoms with Crippen molar-refractivity contribution in [1.29, 1.82) is 0 Å². The number of pyridine rings is 1. The van der Waals surface area contributed by atoms with E-state index in [2.05, 4.69) is 15.3 Å². The van der Waals surface area contributed by atoms with Crippen LogP contribution in [0.25, 0.3) is 11.3 Å². The smallest absolute Gasteiger partial charge is 0.248 e. The molecule has 1 aromatic carbocycles. The molecule has 43 heavy (non-hydrogen) atoms. The Morgan fingerprint density at radius 3 is 2.35 bits per heavy atom. The Morgan fingerprint density at radius 2 is 1.72 bits per heavy atom. The van der Waals surface area contributed by atoms with Crippen molar-refractivity contribution >= 4 is 10.9 Å². The summed E-state index contributed by atoms with van der Waals surface area (Å²) in [6, 6.07) is 4.06. The van der Waals surface area contributed by atoms with E-state index in [1.165, 1.54) is 6.20 Å². The molecule has 1 saturated heterocycles. The summed E-state index contributed by atoms with van der Waals surface area (Å²) in [6.45, 7) is -0.527. The number of nitrogens with zero attached hydrogens (tertiary/aromatic N) is 4.